The van der Waals surface area contributed by atoms with Gasteiger partial charge < -0.3 is 0 Å². The molecule has 0 aliphatic heterocycles. The van der Waals surface area contributed by atoms with Gasteiger partial charge >= 0.3 is 0 Å². The van der Waals surface area contributed by atoms with Crippen LogP contribution in [-0.2, 0) is 0 Å². The predicted molar refractivity (Wildman–Crippen MR) is 127 cm³/mol. The van der Waals surface area contributed by atoms with E-state index < -0.39 is 0 Å². The molecule has 1 fully saturated rings. The number of fused-ring (bicyclic) bond motifs is 3. The monoisotopic (exact) mass is 410 g/mol. The highest BCUT2D eigenvalue weighted by molar-refractivity contribution is 7.24. The topological polar surface area (TPSA) is 25.8 Å². The number of benzene rings is 1. The first kappa shape index (κ1) is 22.3. The van der Waals surface area contributed by atoms with Crippen molar-refractivity contribution in [2.75, 3.05) is 0 Å². The lowest BCUT2D eigenvalue weighted by Crippen LogP contribution is -2.19. The third-order valence-corrected chi connectivity index (χ3v) is 6.40. The van der Waals surface area contributed by atoms with Crippen LogP contribution in [0.25, 0.3) is 21.8 Å². The van der Waals surface area contributed by atoms with Crippen LogP contribution in [0, 0.1) is 0 Å². The zero-order valence-electron chi connectivity index (χ0n) is 14.7. The molecule has 148 valence electrons. The summed E-state index contributed by atoms with van der Waals surface area (Å²) in [5, 5.41) is 2.77. The van der Waals surface area contributed by atoms with Gasteiger partial charge in [0.05, 0.1) is 11.0 Å². The van der Waals surface area contributed by atoms with Gasteiger partial charge in [0.25, 0.3) is 0 Å². The third kappa shape index (κ3) is 5.49. The highest BCUT2D eigenvalue weighted by atomic mass is 32.1. The largest absolute Gasteiger partial charge is 0.232 e. The molecule has 2 heterocycles. The van der Waals surface area contributed by atoms with Gasteiger partial charge in [-0.3, -0.25) is 0 Å². The summed E-state index contributed by atoms with van der Waals surface area (Å²) >= 11 is 3.16. The van der Waals surface area contributed by atoms with E-state index in [1.165, 1.54) is 42.5 Å². The number of rotatable bonds is 0. The lowest BCUT2D eigenvalue weighted by Gasteiger charge is -2.13. The van der Waals surface area contributed by atoms with Crippen LogP contribution in [0.15, 0.2) is 58.6 Å². The summed E-state index contributed by atoms with van der Waals surface area (Å²) in [5.74, 6) is 0. The fourth-order valence-electron chi connectivity index (χ4n) is 3.48. The first-order chi connectivity index (χ1) is 12.9. The van der Waals surface area contributed by atoms with Crippen LogP contribution in [0.2, 0.25) is 0 Å². The van der Waals surface area contributed by atoms with Crippen LogP contribution in [0.3, 0.4) is 0 Å². The highest BCUT2D eigenvalue weighted by Gasteiger charge is 2.13. The van der Waals surface area contributed by atoms with Gasteiger partial charge in [-0.05, 0) is 60.1 Å². The van der Waals surface area contributed by atoms with E-state index in [0.717, 1.165) is 16.1 Å². The number of aromatic nitrogens is 2. The van der Waals surface area contributed by atoms with Gasteiger partial charge in [-0.1, -0.05) is 63.4 Å². The Morgan fingerprint density at radius 2 is 1.11 bits per heavy atom. The number of nitrogens with zero attached hydrogens (tertiary/aromatic N) is 2. The molecule has 0 spiro atoms. The van der Waals surface area contributed by atoms with Gasteiger partial charge in [0.15, 0.2) is 9.66 Å². The van der Waals surface area contributed by atoms with Crippen molar-refractivity contribution >= 4 is 44.5 Å². The van der Waals surface area contributed by atoms with Crippen LogP contribution in [0.5, 0.6) is 0 Å². The molecule has 0 unspecified atom stereocenters. The summed E-state index contributed by atoms with van der Waals surface area (Å²) < 4.78 is 0. The molecule has 3 aromatic rings. The fourth-order valence-corrected chi connectivity index (χ4v) is 4.95. The zero-order valence-corrected chi connectivity index (χ0v) is 16.4. The van der Waals surface area contributed by atoms with Crippen molar-refractivity contribution in [3.05, 3.63) is 69.0 Å². The Hall–Kier alpha value is -2.04. The van der Waals surface area contributed by atoms with Crippen LogP contribution in [-0.4, -0.2) is 9.97 Å². The van der Waals surface area contributed by atoms with Crippen LogP contribution < -0.4 is 10.4 Å². The van der Waals surface area contributed by atoms with Crippen LogP contribution in [0.4, 0.5) is 0 Å². The molecule has 6 rings (SSSR count). The van der Waals surface area contributed by atoms with Crippen molar-refractivity contribution in [2.45, 2.75) is 53.4 Å². The van der Waals surface area contributed by atoms with Gasteiger partial charge in [0.1, 0.15) is 0 Å². The molecule has 3 aliphatic carbocycles. The maximum Gasteiger partial charge on any atom is 0.154 e. The number of hydrogen-bond donors (Lipinski definition) is 0. The molecule has 1 aromatic carbocycles. The molecule has 0 radical (unpaired) electrons. The molecule has 3 aliphatic rings. The normalized spacial score (nSPS) is 15.4. The van der Waals surface area contributed by atoms with Gasteiger partial charge in [0.2, 0.25) is 0 Å². The SMILES string of the molecule is C.C.C1=C2CCCCC2=CC1.C1=c2ccccc2=CC1.c1nc2scnc2s1. The molecule has 4 heteroatoms. The quantitative estimate of drug-likeness (QED) is 0.423. The lowest BCUT2D eigenvalue weighted by molar-refractivity contribution is 0.682. The standard InChI is InChI=1S/C9H12.C9H8.C4H2N2S2.2CH4/c2*1-2-5-9-7-3-6-8(9)4-1;1-5-3-4(7-1)6-2-8-3;;/h6-7H,1-5H2;1-2,4-7H,3H2;1-2H;2*1H4. The fraction of sp³-hybridized carbons (Fsp3) is 0.333. The van der Waals surface area contributed by atoms with Gasteiger partial charge in [-0.2, -0.15) is 0 Å². The minimum atomic E-state index is 0. The first-order valence-electron chi connectivity index (χ1n) is 9.17. The van der Waals surface area contributed by atoms with Gasteiger partial charge in [0, 0.05) is 0 Å². The molecule has 0 amide bonds. The number of allylic oxidation sites excluding steroid dienone is 4. The van der Waals surface area contributed by atoms with E-state index in [1.807, 2.05) is 11.0 Å². The Morgan fingerprint density at radius 3 is 1.61 bits per heavy atom. The third-order valence-electron chi connectivity index (χ3n) is 4.81. The molecule has 2 nitrogen and oxygen atoms in total. The second kappa shape index (κ2) is 11.1. The van der Waals surface area contributed by atoms with Crippen molar-refractivity contribution in [3.63, 3.8) is 0 Å². The second-order valence-corrected chi connectivity index (χ2v) is 8.16. The number of hydrogen-bond acceptors (Lipinski definition) is 4. The minimum Gasteiger partial charge on any atom is -0.232 e. The summed E-state index contributed by atoms with van der Waals surface area (Å²) in [6, 6.07) is 8.46. The average molecular weight is 411 g/mol. The summed E-state index contributed by atoms with van der Waals surface area (Å²) in [4.78, 5) is 10.2. The smallest absolute Gasteiger partial charge is 0.154 e. The summed E-state index contributed by atoms with van der Waals surface area (Å²) in [6.45, 7) is 0. The van der Waals surface area contributed by atoms with E-state index >= 15 is 0 Å². The predicted octanol–water partition coefficient (Wildman–Crippen LogP) is 6.49. The Morgan fingerprint density at radius 1 is 0.643 bits per heavy atom. The minimum absolute atomic E-state index is 0. The summed E-state index contributed by atoms with van der Waals surface area (Å²) in [5.41, 5.74) is 6.94. The molecule has 0 bridgehead atoms. The highest BCUT2D eigenvalue weighted by Crippen LogP contribution is 2.32. The van der Waals surface area contributed by atoms with E-state index in [0.29, 0.717) is 0 Å². The molecule has 0 saturated heterocycles. The van der Waals surface area contributed by atoms with Crippen molar-refractivity contribution in [2.24, 2.45) is 0 Å². The second-order valence-electron chi connectivity index (χ2n) is 6.49. The van der Waals surface area contributed by atoms with Gasteiger partial charge in [-0.15, -0.1) is 22.7 Å². The Bertz CT molecular complexity index is 949. The van der Waals surface area contributed by atoms with E-state index in [-0.39, 0.29) is 14.9 Å². The molecule has 1 saturated carbocycles. The number of thiazole rings is 2. The van der Waals surface area contributed by atoms with Crippen molar-refractivity contribution in [3.8, 4) is 0 Å². The average Bonchev–Trinajstić information content (AvgIpc) is 3.46. The van der Waals surface area contributed by atoms with Crippen LogP contribution >= 0.6 is 22.7 Å². The molecule has 0 atom stereocenters. The molecular formula is C24H30N2S2. The molecule has 0 N–H and O–H groups in total. The van der Waals surface area contributed by atoms with E-state index in [1.54, 1.807) is 33.8 Å². The summed E-state index contributed by atoms with van der Waals surface area (Å²) in [6.07, 6.45) is 17.1. The maximum absolute atomic E-state index is 4.05. The Labute approximate surface area is 176 Å². The van der Waals surface area contributed by atoms with Crippen molar-refractivity contribution in [1.29, 1.82) is 0 Å². The van der Waals surface area contributed by atoms with Crippen molar-refractivity contribution < 1.29 is 0 Å². The van der Waals surface area contributed by atoms with E-state index in [4.69, 9.17) is 0 Å². The zero-order chi connectivity index (χ0) is 17.6. The van der Waals surface area contributed by atoms with E-state index in [9.17, 15) is 0 Å². The van der Waals surface area contributed by atoms with Crippen molar-refractivity contribution in [1.82, 2.24) is 9.97 Å². The maximum atomic E-state index is 4.05. The molecule has 2 aromatic heterocycles. The lowest BCUT2D eigenvalue weighted by atomic mass is 9.92. The molecule has 28 heavy (non-hydrogen) atoms. The Kier molecular flexibility index (Phi) is 8.81. The van der Waals surface area contributed by atoms with Gasteiger partial charge in [-0.25, -0.2) is 9.97 Å². The van der Waals surface area contributed by atoms with Crippen LogP contribution in [0.1, 0.15) is 53.4 Å². The van der Waals surface area contributed by atoms with E-state index in [2.05, 4.69) is 58.5 Å². The first-order valence-corrected chi connectivity index (χ1v) is 10.9. The summed E-state index contributed by atoms with van der Waals surface area (Å²) in [7, 11) is 0. The molecular weight excluding hydrogens is 380 g/mol. The Balaban J connectivity index is 0.000000145.